The Hall–Kier alpha value is -4.64. The molecule has 2 amide bonds. The molecule has 1 aliphatic carbocycles. The maximum Gasteiger partial charge on any atom is 0.276 e. The number of piperazine rings is 1. The number of allylic oxidation sites excluding steroid dienone is 4. The number of alkyl halides is 1. The zero-order valence-corrected chi connectivity index (χ0v) is 33.3. The van der Waals surface area contributed by atoms with Gasteiger partial charge in [-0.1, -0.05) is 18.2 Å². The van der Waals surface area contributed by atoms with Gasteiger partial charge in [-0.15, -0.1) is 0 Å². The molecule has 308 valence electrons. The van der Waals surface area contributed by atoms with Gasteiger partial charge in [0.2, 0.25) is 11.8 Å². The highest BCUT2D eigenvalue weighted by Gasteiger charge is 2.54. The summed E-state index contributed by atoms with van der Waals surface area (Å²) in [5.74, 6) is -1.60. The molecule has 0 spiro atoms. The van der Waals surface area contributed by atoms with Crippen LogP contribution in [0.1, 0.15) is 61.6 Å². The minimum atomic E-state index is -4.08. The van der Waals surface area contributed by atoms with E-state index in [-0.39, 0.29) is 60.0 Å². The minimum absolute atomic E-state index is 0.0406. The molecule has 4 saturated heterocycles. The number of imide groups is 1. The first-order chi connectivity index (χ1) is 27.8. The first kappa shape index (κ1) is 40.2. The van der Waals surface area contributed by atoms with Gasteiger partial charge in [-0.05, 0) is 92.0 Å². The molecule has 12 nitrogen and oxygen atoms in total. The van der Waals surface area contributed by atoms with E-state index < -0.39 is 39.4 Å². The number of benzene rings is 1. The highest BCUT2D eigenvalue weighted by Crippen LogP contribution is 2.52. The van der Waals surface area contributed by atoms with E-state index in [0.29, 0.717) is 37.5 Å². The molecule has 6 heterocycles. The van der Waals surface area contributed by atoms with Gasteiger partial charge in [0.15, 0.2) is 0 Å². The van der Waals surface area contributed by atoms with Crippen LogP contribution in [0, 0.1) is 17.7 Å². The number of aromatic nitrogens is 2. The third-order valence-electron chi connectivity index (χ3n) is 13.0. The summed E-state index contributed by atoms with van der Waals surface area (Å²) in [7, 11) is -4.08. The number of nitrogens with zero attached hydrogens (tertiary/aromatic N) is 6. The van der Waals surface area contributed by atoms with Crippen LogP contribution >= 0.6 is 0 Å². The van der Waals surface area contributed by atoms with Crippen LogP contribution in [0.4, 0.5) is 24.7 Å². The Bertz CT molecular complexity index is 2200. The van der Waals surface area contributed by atoms with Crippen LogP contribution in [0.2, 0.25) is 0 Å². The number of anilines is 2. The number of hydrogen-bond acceptors (Lipinski definition) is 9. The molecule has 8 rings (SSSR count). The van der Waals surface area contributed by atoms with Crippen molar-refractivity contribution in [2.24, 2.45) is 17.0 Å². The lowest BCUT2D eigenvalue weighted by atomic mass is 9.62. The molecule has 58 heavy (non-hydrogen) atoms. The maximum absolute atomic E-state index is 17.2. The number of carbonyl (C=O) groups is 2. The van der Waals surface area contributed by atoms with Gasteiger partial charge in [0, 0.05) is 100 Å². The van der Waals surface area contributed by atoms with E-state index in [1.807, 2.05) is 12.1 Å². The van der Waals surface area contributed by atoms with E-state index >= 15 is 13.2 Å². The maximum atomic E-state index is 17.2. The summed E-state index contributed by atoms with van der Waals surface area (Å²) in [6, 6.07) is 11.9. The Kier molecular flexibility index (Phi) is 11.2. The lowest BCUT2D eigenvalue weighted by Gasteiger charge is -2.44. The number of hydrogen-bond donors (Lipinski definition) is 2. The molecule has 1 aromatic carbocycles. The summed E-state index contributed by atoms with van der Waals surface area (Å²) in [5.41, 5.74) is -0.125. The van der Waals surface area contributed by atoms with E-state index in [1.165, 1.54) is 42.7 Å². The second kappa shape index (κ2) is 16.2. The smallest absolute Gasteiger partial charge is 0.276 e. The molecule has 3 N–H and O–H groups in total. The quantitative estimate of drug-likeness (QED) is 0.296. The average Bonchev–Trinajstić information content (AvgIpc) is 3.72. The Morgan fingerprint density at radius 1 is 0.931 bits per heavy atom. The standard InChI is InChI=1S/C42H49F3N8O4S/c1-27-24-52(21-20-51(27)25-28-11-17-50(18-12-28)37-6-2-30(23-48-37)33-4-7-38(54)49-41(33)55)32-3-5-34(36(44)22-32)42(31-13-19-53(26-31)58(46,56)57)14-8-35(43)39(40(42)45)29-9-15-47-16-10-29/h2-3,5-6,8-10,14-16,22-23,27-28,31,33,40H,4,7,11-13,17-21,24-26H2,1H3,(H2,46,56,57)(H,49,54,55)/t27-,31?,33-,40?,42?/m1/s1. The molecule has 4 aliphatic heterocycles. The molecule has 5 atom stereocenters. The topological polar surface area (TPSA) is 145 Å². The van der Waals surface area contributed by atoms with Gasteiger partial charge >= 0.3 is 0 Å². The van der Waals surface area contributed by atoms with Gasteiger partial charge in [-0.25, -0.2) is 23.3 Å². The van der Waals surface area contributed by atoms with Crippen LogP contribution in [-0.4, -0.2) is 104 Å². The van der Waals surface area contributed by atoms with E-state index in [4.69, 9.17) is 5.14 Å². The number of nitrogens with one attached hydrogen (secondary N) is 1. The van der Waals surface area contributed by atoms with Crippen molar-refractivity contribution in [3.05, 3.63) is 102 Å². The highest BCUT2D eigenvalue weighted by molar-refractivity contribution is 7.86. The van der Waals surface area contributed by atoms with Gasteiger partial charge in [0.1, 0.15) is 23.6 Å². The van der Waals surface area contributed by atoms with Gasteiger partial charge in [0.05, 0.1) is 11.3 Å². The van der Waals surface area contributed by atoms with Crippen LogP contribution in [-0.2, 0) is 25.2 Å². The number of piperidine rings is 2. The molecule has 2 aromatic heterocycles. The minimum Gasteiger partial charge on any atom is -0.369 e. The van der Waals surface area contributed by atoms with Crippen molar-refractivity contribution >= 4 is 39.1 Å². The molecular weight excluding hydrogens is 770 g/mol. The monoisotopic (exact) mass is 818 g/mol. The van der Waals surface area contributed by atoms with E-state index in [2.05, 4.69) is 36.9 Å². The predicted octanol–water partition coefficient (Wildman–Crippen LogP) is 4.61. The molecule has 3 unspecified atom stereocenters. The largest absolute Gasteiger partial charge is 0.369 e. The summed E-state index contributed by atoms with van der Waals surface area (Å²) >= 11 is 0. The Morgan fingerprint density at radius 2 is 1.71 bits per heavy atom. The van der Waals surface area contributed by atoms with Crippen LogP contribution < -0.4 is 20.3 Å². The Balaban J connectivity index is 0.919. The number of pyridine rings is 2. The SMILES string of the molecule is C[C@@H]1CN(c2ccc(C3(C4CCN(S(N)(=O)=O)C4)C=CC(F)=C(c4ccncc4)C3F)c(F)c2)CCN1CC1CCN(c2ccc([C@H]3CCC(=O)NC3=O)cn2)CC1. The van der Waals surface area contributed by atoms with Gasteiger partial charge in [-0.2, -0.15) is 12.7 Å². The predicted molar refractivity (Wildman–Crippen MR) is 215 cm³/mol. The molecule has 3 aromatic rings. The molecule has 0 saturated carbocycles. The first-order valence-corrected chi connectivity index (χ1v) is 21.6. The van der Waals surface area contributed by atoms with Gasteiger partial charge in [-0.3, -0.25) is 24.8 Å². The summed E-state index contributed by atoms with van der Waals surface area (Å²) in [6.07, 6.45) is 8.21. The summed E-state index contributed by atoms with van der Waals surface area (Å²) in [6.45, 7) is 6.92. The van der Waals surface area contributed by atoms with E-state index in [9.17, 15) is 18.0 Å². The second-order valence-electron chi connectivity index (χ2n) is 16.4. The number of amides is 2. The van der Waals surface area contributed by atoms with Crippen LogP contribution in [0.5, 0.6) is 0 Å². The zero-order chi connectivity index (χ0) is 40.8. The van der Waals surface area contributed by atoms with Gasteiger partial charge < -0.3 is 9.80 Å². The third kappa shape index (κ3) is 7.78. The summed E-state index contributed by atoms with van der Waals surface area (Å²) < 4.78 is 75.0. The van der Waals surface area contributed by atoms with E-state index in [1.54, 1.807) is 18.3 Å². The number of carbonyl (C=O) groups excluding carboxylic acids is 2. The van der Waals surface area contributed by atoms with E-state index in [0.717, 1.165) is 54.7 Å². The number of rotatable bonds is 9. The fraction of sp³-hybridized carbons (Fsp3) is 0.476. The van der Waals surface area contributed by atoms with Crippen LogP contribution in [0.15, 0.2) is 79.0 Å². The Labute approximate surface area is 337 Å². The molecule has 0 bridgehead atoms. The van der Waals surface area contributed by atoms with Crippen LogP contribution in [0.3, 0.4) is 0 Å². The highest BCUT2D eigenvalue weighted by atomic mass is 32.2. The normalized spacial score (nSPS) is 28.0. The molecule has 0 radical (unpaired) electrons. The fourth-order valence-corrected chi connectivity index (χ4v) is 10.5. The second-order valence-corrected chi connectivity index (χ2v) is 17.9. The van der Waals surface area contributed by atoms with Crippen molar-refractivity contribution in [3.8, 4) is 0 Å². The summed E-state index contributed by atoms with van der Waals surface area (Å²) in [5, 5.41) is 7.87. The van der Waals surface area contributed by atoms with Crippen molar-refractivity contribution in [1.82, 2.24) is 24.5 Å². The molecular formula is C42H49F3N8O4S. The lowest BCUT2D eigenvalue weighted by Crippen LogP contribution is -2.54. The van der Waals surface area contributed by atoms with Crippen molar-refractivity contribution in [3.63, 3.8) is 0 Å². The zero-order valence-electron chi connectivity index (χ0n) is 32.4. The first-order valence-electron chi connectivity index (χ1n) is 20.1. The lowest BCUT2D eigenvalue weighted by molar-refractivity contribution is -0.134. The number of halogens is 3. The fourth-order valence-electron chi connectivity index (χ4n) is 9.73. The third-order valence-corrected chi connectivity index (χ3v) is 14.1. The molecule has 4 fully saturated rings. The summed E-state index contributed by atoms with van der Waals surface area (Å²) in [4.78, 5) is 39.4. The Morgan fingerprint density at radius 3 is 2.36 bits per heavy atom. The average molecular weight is 819 g/mol. The van der Waals surface area contributed by atoms with Crippen molar-refractivity contribution in [2.45, 2.75) is 62.6 Å². The van der Waals surface area contributed by atoms with Gasteiger partial charge in [0.25, 0.3) is 10.2 Å². The van der Waals surface area contributed by atoms with Crippen molar-refractivity contribution in [1.29, 1.82) is 0 Å². The molecule has 5 aliphatic rings. The van der Waals surface area contributed by atoms with Crippen LogP contribution in [0.25, 0.3) is 5.57 Å². The molecule has 16 heteroatoms. The number of nitrogens with two attached hydrogens (primary N) is 1. The van der Waals surface area contributed by atoms with Crippen molar-refractivity contribution in [2.75, 3.05) is 62.2 Å². The van der Waals surface area contributed by atoms with Crippen molar-refractivity contribution < 1.29 is 31.2 Å².